The predicted octanol–water partition coefficient (Wildman–Crippen LogP) is 5.83. The molecule has 1 fully saturated rings. The maximum atomic E-state index is 13.3. The molecule has 0 aromatic heterocycles. The van der Waals surface area contributed by atoms with E-state index in [0.717, 1.165) is 32.1 Å². The van der Waals surface area contributed by atoms with Crippen molar-refractivity contribution in [3.63, 3.8) is 0 Å². The largest absolute Gasteiger partial charge is 0.454 e. The molecule has 0 amide bonds. The number of allylic oxidation sites excluding steroid dienone is 1. The zero-order chi connectivity index (χ0) is 20.5. The van der Waals surface area contributed by atoms with E-state index in [-0.39, 0.29) is 29.3 Å². The predicted molar refractivity (Wildman–Crippen MR) is 111 cm³/mol. The van der Waals surface area contributed by atoms with E-state index in [2.05, 4.69) is 60.6 Å². The molecule has 27 heavy (non-hydrogen) atoms. The molecule has 2 rings (SSSR count). The van der Waals surface area contributed by atoms with Gasteiger partial charge in [0.1, 0.15) is 5.60 Å². The number of aliphatic hydroxyl groups is 1. The summed E-state index contributed by atoms with van der Waals surface area (Å²) in [6.45, 7) is 15.4. The summed E-state index contributed by atoms with van der Waals surface area (Å²) >= 11 is 0. The number of hydrogen-bond acceptors (Lipinski definition) is 3. The molecular formula is C24H40O3. The number of rotatable bonds is 6. The van der Waals surface area contributed by atoms with Gasteiger partial charge in [-0.25, -0.2) is 0 Å². The van der Waals surface area contributed by atoms with Crippen LogP contribution in [0.15, 0.2) is 23.3 Å². The van der Waals surface area contributed by atoms with Gasteiger partial charge in [0.15, 0.2) is 0 Å². The fraction of sp³-hybridized carbons (Fsp3) is 0.792. The van der Waals surface area contributed by atoms with E-state index in [4.69, 9.17) is 9.84 Å². The Morgan fingerprint density at radius 2 is 2.00 bits per heavy atom. The molecule has 3 unspecified atom stereocenters. The molecule has 0 saturated heterocycles. The van der Waals surface area contributed by atoms with Crippen LogP contribution >= 0.6 is 0 Å². The molecule has 0 spiro atoms. The molecule has 0 radical (unpaired) electrons. The van der Waals surface area contributed by atoms with Crippen molar-refractivity contribution in [3.8, 4) is 0 Å². The van der Waals surface area contributed by atoms with Crippen LogP contribution in [0.1, 0.15) is 87.0 Å². The van der Waals surface area contributed by atoms with E-state index >= 15 is 0 Å². The topological polar surface area (TPSA) is 46.5 Å². The van der Waals surface area contributed by atoms with Crippen molar-refractivity contribution in [1.29, 1.82) is 0 Å². The Bertz CT molecular complexity index is 600. The first kappa shape index (κ1) is 22.2. The van der Waals surface area contributed by atoms with Crippen molar-refractivity contribution < 1.29 is 14.6 Å². The molecule has 0 bridgehead atoms. The number of fused-ring (bicyclic) bond motifs is 1. The second-order valence-corrected chi connectivity index (χ2v) is 10.8. The van der Waals surface area contributed by atoms with Gasteiger partial charge in [0.25, 0.3) is 0 Å². The Morgan fingerprint density at radius 1 is 1.33 bits per heavy atom. The third-order valence-corrected chi connectivity index (χ3v) is 6.13. The van der Waals surface area contributed by atoms with Gasteiger partial charge in [-0.1, -0.05) is 67.0 Å². The van der Waals surface area contributed by atoms with E-state index in [9.17, 15) is 4.79 Å². The van der Waals surface area contributed by atoms with Crippen molar-refractivity contribution in [2.24, 2.45) is 22.7 Å². The molecule has 3 nitrogen and oxygen atoms in total. The lowest BCUT2D eigenvalue weighted by Gasteiger charge is -2.51. The smallest absolute Gasteiger partial charge is 0.310 e. The lowest BCUT2D eigenvalue weighted by Crippen LogP contribution is -2.51. The van der Waals surface area contributed by atoms with Crippen LogP contribution < -0.4 is 0 Å². The van der Waals surface area contributed by atoms with E-state index in [1.807, 2.05) is 0 Å². The highest BCUT2D eigenvalue weighted by Crippen LogP contribution is 2.54. The summed E-state index contributed by atoms with van der Waals surface area (Å²) in [5, 5.41) is 9.14. The summed E-state index contributed by atoms with van der Waals surface area (Å²) in [4.78, 5) is 13.3. The minimum atomic E-state index is -0.432. The van der Waals surface area contributed by atoms with Gasteiger partial charge in [0.2, 0.25) is 0 Å². The molecule has 0 heterocycles. The second kappa shape index (κ2) is 8.11. The highest BCUT2D eigenvalue weighted by Gasteiger charge is 2.53. The molecular weight excluding hydrogens is 336 g/mol. The van der Waals surface area contributed by atoms with Crippen LogP contribution in [0.4, 0.5) is 0 Å². The van der Waals surface area contributed by atoms with Gasteiger partial charge in [-0.15, -0.1) is 0 Å². The first-order chi connectivity index (χ1) is 12.4. The third kappa shape index (κ3) is 5.25. The highest BCUT2D eigenvalue weighted by atomic mass is 16.6. The second-order valence-electron chi connectivity index (χ2n) is 10.8. The maximum Gasteiger partial charge on any atom is 0.310 e. The summed E-state index contributed by atoms with van der Waals surface area (Å²) in [7, 11) is 0. The number of ether oxygens (including phenoxy) is 1. The molecule has 2 aliphatic carbocycles. The van der Waals surface area contributed by atoms with Crippen LogP contribution in [0.2, 0.25) is 0 Å². The van der Waals surface area contributed by atoms with Gasteiger partial charge >= 0.3 is 5.97 Å². The van der Waals surface area contributed by atoms with Gasteiger partial charge in [-0.05, 0) is 53.6 Å². The summed E-state index contributed by atoms with van der Waals surface area (Å²) in [6.07, 6.45) is 9.80. The van der Waals surface area contributed by atoms with Gasteiger partial charge in [-0.2, -0.15) is 0 Å². The standard InChI is InChI=1S/C24H40O3/c1-8-17-11-12-19-18(10-9-13-25)15-24(19,14-17)27-21(26)20(23(5,6)7)16-22(2,3)4/h10,12,17,20,25H,8-9,11,13-16H2,1-7H3/b18-10+. The number of esters is 1. The lowest BCUT2D eigenvalue weighted by atomic mass is 9.61. The van der Waals surface area contributed by atoms with Crippen LogP contribution in [0.3, 0.4) is 0 Å². The summed E-state index contributed by atoms with van der Waals surface area (Å²) < 4.78 is 6.34. The van der Waals surface area contributed by atoms with Crippen molar-refractivity contribution in [2.45, 2.75) is 92.6 Å². The monoisotopic (exact) mass is 376 g/mol. The van der Waals surface area contributed by atoms with Crippen molar-refractivity contribution in [3.05, 3.63) is 23.3 Å². The zero-order valence-corrected chi connectivity index (χ0v) is 18.5. The average Bonchev–Trinajstić information content (AvgIpc) is 2.52. The Balaban J connectivity index is 2.24. The minimum Gasteiger partial charge on any atom is -0.454 e. The van der Waals surface area contributed by atoms with Gasteiger partial charge < -0.3 is 9.84 Å². The van der Waals surface area contributed by atoms with Crippen LogP contribution in [-0.2, 0) is 9.53 Å². The SMILES string of the molecule is CCC1CC=C2/C(=C/CCO)CC2(OC(=O)C(CC(C)(C)C)C(C)(C)C)C1. The number of aliphatic hydroxyl groups excluding tert-OH is 1. The normalized spacial score (nSPS) is 28.2. The molecule has 3 atom stereocenters. The van der Waals surface area contributed by atoms with Crippen LogP contribution in [0.5, 0.6) is 0 Å². The summed E-state index contributed by atoms with van der Waals surface area (Å²) in [6, 6.07) is 0. The molecule has 1 saturated carbocycles. The fourth-order valence-electron chi connectivity index (χ4n) is 4.50. The molecule has 154 valence electrons. The van der Waals surface area contributed by atoms with Gasteiger partial charge in [0.05, 0.1) is 5.92 Å². The Hall–Kier alpha value is -1.09. The van der Waals surface area contributed by atoms with Crippen LogP contribution in [-0.4, -0.2) is 23.3 Å². The Labute approximate surface area is 166 Å². The molecule has 2 aliphatic rings. The average molecular weight is 377 g/mol. The number of hydrogen-bond donors (Lipinski definition) is 1. The Morgan fingerprint density at radius 3 is 2.52 bits per heavy atom. The maximum absolute atomic E-state index is 13.3. The third-order valence-electron chi connectivity index (χ3n) is 6.13. The van der Waals surface area contributed by atoms with Crippen LogP contribution in [0.25, 0.3) is 0 Å². The van der Waals surface area contributed by atoms with Crippen molar-refractivity contribution >= 4 is 5.97 Å². The lowest BCUT2D eigenvalue weighted by molar-refractivity contribution is -0.171. The fourth-order valence-corrected chi connectivity index (χ4v) is 4.50. The molecule has 0 aromatic rings. The van der Waals surface area contributed by atoms with E-state index in [0.29, 0.717) is 12.3 Å². The molecule has 1 N–H and O–H groups in total. The van der Waals surface area contributed by atoms with Gasteiger partial charge in [0, 0.05) is 13.0 Å². The minimum absolute atomic E-state index is 0.0405. The van der Waals surface area contributed by atoms with Crippen molar-refractivity contribution in [1.82, 2.24) is 0 Å². The van der Waals surface area contributed by atoms with E-state index < -0.39 is 5.60 Å². The highest BCUT2D eigenvalue weighted by molar-refractivity contribution is 5.75. The zero-order valence-electron chi connectivity index (χ0n) is 18.5. The summed E-state index contributed by atoms with van der Waals surface area (Å²) in [5.74, 6) is 0.429. The van der Waals surface area contributed by atoms with E-state index in [1.165, 1.54) is 11.1 Å². The Kier molecular flexibility index (Phi) is 6.67. The quantitative estimate of drug-likeness (QED) is 0.594. The molecule has 3 heteroatoms. The van der Waals surface area contributed by atoms with Crippen molar-refractivity contribution in [2.75, 3.05) is 6.61 Å². The number of carbonyl (C=O) groups excluding carboxylic acids is 1. The number of carbonyl (C=O) groups is 1. The summed E-state index contributed by atoms with van der Waals surface area (Å²) in [5.41, 5.74) is 1.99. The van der Waals surface area contributed by atoms with Gasteiger partial charge in [-0.3, -0.25) is 4.79 Å². The molecule has 0 aromatic carbocycles. The first-order valence-electron chi connectivity index (χ1n) is 10.7. The first-order valence-corrected chi connectivity index (χ1v) is 10.7. The molecule has 0 aliphatic heterocycles. The van der Waals surface area contributed by atoms with Crippen LogP contribution in [0, 0.1) is 22.7 Å². The van der Waals surface area contributed by atoms with E-state index in [1.54, 1.807) is 0 Å².